The number of rotatable bonds is 5. The summed E-state index contributed by atoms with van der Waals surface area (Å²) in [7, 11) is -3.61. The monoisotopic (exact) mass is 285 g/mol. The van der Waals surface area contributed by atoms with Crippen LogP contribution in [0.15, 0.2) is 18.2 Å². The number of anilines is 1. The molecule has 1 amide bonds. The largest absolute Gasteiger partial charge is 0.395 e. The van der Waals surface area contributed by atoms with Gasteiger partial charge in [0.05, 0.1) is 12.4 Å². The van der Waals surface area contributed by atoms with Crippen molar-refractivity contribution in [1.29, 1.82) is 0 Å². The molecular formula is C13H19NO4S. The number of benzene rings is 1. The van der Waals surface area contributed by atoms with Crippen LogP contribution in [0, 0.1) is 13.8 Å². The van der Waals surface area contributed by atoms with Gasteiger partial charge < -0.3 is 10.4 Å². The lowest BCUT2D eigenvalue weighted by Gasteiger charge is -2.14. The number of nitrogens with one attached hydrogen (secondary N) is 1. The maximum Gasteiger partial charge on any atom is 0.242 e. The highest BCUT2D eigenvalue weighted by atomic mass is 32.2. The highest BCUT2D eigenvalue weighted by Gasteiger charge is 2.27. The van der Waals surface area contributed by atoms with Crippen molar-refractivity contribution in [3.05, 3.63) is 29.3 Å². The third kappa shape index (κ3) is 4.04. The van der Waals surface area contributed by atoms with E-state index in [0.717, 1.165) is 11.1 Å². The molecule has 1 unspecified atom stereocenters. The van der Waals surface area contributed by atoms with E-state index in [1.54, 1.807) is 6.07 Å². The summed E-state index contributed by atoms with van der Waals surface area (Å²) in [6, 6.07) is 5.56. The number of hydrogen-bond acceptors (Lipinski definition) is 4. The van der Waals surface area contributed by atoms with Gasteiger partial charge in [0.15, 0.2) is 9.84 Å². The van der Waals surface area contributed by atoms with Crippen molar-refractivity contribution in [2.75, 3.05) is 17.7 Å². The molecule has 0 heterocycles. The van der Waals surface area contributed by atoms with Crippen molar-refractivity contribution >= 4 is 21.4 Å². The molecule has 1 aromatic rings. The molecule has 1 atom stereocenters. The van der Waals surface area contributed by atoms with E-state index < -0.39 is 33.4 Å². The van der Waals surface area contributed by atoms with Gasteiger partial charge in [0, 0.05) is 5.69 Å². The first-order valence-corrected chi connectivity index (χ1v) is 7.70. The Hall–Kier alpha value is -1.40. The molecule has 1 rings (SSSR count). The van der Waals surface area contributed by atoms with E-state index in [-0.39, 0.29) is 0 Å². The maximum atomic E-state index is 11.9. The highest BCUT2D eigenvalue weighted by molar-refractivity contribution is 7.92. The summed E-state index contributed by atoms with van der Waals surface area (Å²) in [5.74, 6) is -0.990. The number of aryl methyl sites for hydroxylation is 2. The smallest absolute Gasteiger partial charge is 0.242 e. The topological polar surface area (TPSA) is 83.5 Å². The van der Waals surface area contributed by atoms with Crippen LogP contribution in [-0.4, -0.2) is 37.0 Å². The molecule has 106 valence electrons. The standard InChI is InChI=1S/C13H19NO4S/c1-9-4-5-10(2)12(8-9)14-13(16)11(3)19(17,18)7-6-15/h4-5,8,11,15H,6-7H2,1-3H3,(H,14,16). The van der Waals surface area contributed by atoms with Gasteiger partial charge in [-0.05, 0) is 38.0 Å². The molecule has 0 bridgehead atoms. The highest BCUT2D eigenvalue weighted by Crippen LogP contribution is 2.17. The van der Waals surface area contributed by atoms with E-state index >= 15 is 0 Å². The van der Waals surface area contributed by atoms with Crippen molar-refractivity contribution in [3.63, 3.8) is 0 Å². The van der Waals surface area contributed by atoms with Crippen LogP contribution in [-0.2, 0) is 14.6 Å². The normalized spacial score (nSPS) is 13.1. The van der Waals surface area contributed by atoms with Gasteiger partial charge in [-0.1, -0.05) is 12.1 Å². The van der Waals surface area contributed by atoms with Crippen LogP contribution in [0.5, 0.6) is 0 Å². The lowest BCUT2D eigenvalue weighted by molar-refractivity contribution is -0.115. The molecule has 1 aromatic carbocycles. The second-order valence-corrected chi connectivity index (χ2v) is 6.98. The van der Waals surface area contributed by atoms with Gasteiger partial charge in [-0.3, -0.25) is 4.79 Å². The summed E-state index contributed by atoms with van der Waals surface area (Å²) in [5.41, 5.74) is 2.45. The molecule has 2 N–H and O–H groups in total. The molecule has 0 aliphatic heterocycles. The summed E-state index contributed by atoms with van der Waals surface area (Å²) in [4.78, 5) is 11.9. The average Bonchev–Trinajstić information content (AvgIpc) is 2.32. The van der Waals surface area contributed by atoms with Crippen LogP contribution in [0.2, 0.25) is 0 Å². The van der Waals surface area contributed by atoms with Crippen LogP contribution >= 0.6 is 0 Å². The van der Waals surface area contributed by atoms with Gasteiger partial charge in [-0.25, -0.2) is 8.42 Å². The Labute approximate surface area is 113 Å². The zero-order valence-electron chi connectivity index (χ0n) is 11.3. The lowest BCUT2D eigenvalue weighted by Crippen LogP contribution is -2.35. The molecule has 0 saturated heterocycles. The number of aliphatic hydroxyl groups excluding tert-OH is 1. The van der Waals surface area contributed by atoms with Crippen molar-refractivity contribution in [3.8, 4) is 0 Å². The Morgan fingerprint density at radius 2 is 2.00 bits per heavy atom. The maximum absolute atomic E-state index is 11.9. The van der Waals surface area contributed by atoms with Crippen LogP contribution in [0.25, 0.3) is 0 Å². The predicted molar refractivity (Wildman–Crippen MR) is 74.9 cm³/mol. The Kier molecular flexibility index (Phi) is 5.08. The summed E-state index contributed by atoms with van der Waals surface area (Å²) in [5, 5.41) is 10.1. The van der Waals surface area contributed by atoms with Crippen molar-refractivity contribution in [2.45, 2.75) is 26.0 Å². The Morgan fingerprint density at radius 1 is 1.37 bits per heavy atom. The first-order valence-electron chi connectivity index (χ1n) is 5.98. The van der Waals surface area contributed by atoms with E-state index in [2.05, 4.69) is 5.32 Å². The van der Waals surface area contributed by atoms with E-state index in [0.29, 0.717) is 5.69 Å². The molecule has 6 heteroatoms. The van der Waals surface area contributed by atoms with Gasteiger partial charge >= 0.3 is 0 Å². The van der Waals surface area contributed by atoms with Gasteiger partial charge in [0.2, 0.25) is 5.91 Å². The number of hydrogen-bond donors (Lipinski definition) is 2. The van der Waals surface area contributed by atoms with Crippen molar-refractivity contribution in [1.82, 2.24) is 0 Å². The van der Waals surface area contributed by atoms with Gasteiger partial charge in [-0.15, -0.1) is 0 Å². The fourth-order valence-corrected chi connectivity index (χ4v) is 2.57. The summed E-state index contributed by atoms with van der Waals surface area (Å²) in [6.45, 7) is 4.57. The number of aliphatic hydroxyl groups is 1. The summed E-state index contributed by atoms with van der Waals surface area (Å²) < 4.78 is 23.4. The second kappa shape index (κ2) is 6.16. The van der Waals surface area contributed by atoms with E-state index in [1.807, 2.05) is 26.0 Å². The SMILES string of the molecule is Cc1ccc(C)c(NC(=O)C(C)S(=O)(=O)CCO)c1. The van der Waals surface area contributed by atoms with Crippen molar-refractivity contribution in [2.24, 2.45) is 0 Å². The van der Waals surface area contributed by atoms with Crippen LogP contribution in [0.1, 0.15) is 18.1 Å². The van der Waals surface area contributed by atoms with Crippen LogP contribution in [0.3, 0.4) is 0 Å². The Balaban J connectivity index is 2.88. The number of carbonyl (C=O) groups excluding carboxylic acids is 1. The van der Waals surface area contributed by atoms with Gasteiger partial charge in [0.1, 0.15) is 5.25 Å². The number of carbonyl (C=O) groups is 1. The molecule has 0 aliphatic carbocycles. The first kappa shape index (κ1) is 15.7. The Morgan fingerprint density at radius 3 is 2.58 bits per heavy atom. The molecule has 0 radical (unpaired) electrons. The lowest BCUT2D eigenvalue weighted by atomic mass is 10.1. The molecule has 0 aromatic heterocycles. The minimum Gasteiger partial charge on any atom is -0.395 e. The summed E-state index contributed by atoms with van der Waals surface area (Å²) >= 11 is 0. The Bertz CT molecular complexity index is 566. The second-order valence-electron chi connectivity index (χ2n) is 4.54. The zero-order valence-corrected chi connectivity index (χ0v) is 12.1. The molecule has 19 heavy (non-hydrogen) atoms. The quantitative estimate of drug-likeness (QED) is 0.846. The third-order valence-corrected chi connectivity index (χ3v) is 4.98. The molecule has 0 spiro atoms. The predicted octanol–water partition coefficient (Wildman–Crippen LogP) is 1.04. The molecule has 0 aliphatic rings. The molecule has 0 fully saturated rings. The average molecular weight is 285 g/mol. The van der Waals surface area contributed by atoms with Crippen LogP contribution in [0.4, 0.5) is 5.69 Å². The fourth-order valence-electron chi connectivity index (χ4n) is 1.57. The molecule has 5 nitrogen and oxygen atoms in total. The first-order chi connectivity index (χ1) is 8.77. The van der Waals surface area contributed by atoms with Crippen LogP contribution < -0.4 is 5.32 Å². The van der Waals surface area contributed by atoms with Gasteiger partial charge in [-0.2, -0.15) is 0 Å². The number of amides is 1. The fraction of sp³-hybridized carbons (Fsp3) is 0.462. The number of sulfone groups is 1. The van der Waals surface area contributed by atoms with E-state index in [1.165, 1.54) is 6.92 Å². The minimum atomic E-state index is -3.61. The van der Waals surface area contributed by atoms with Crippen molar-refractivity contribution < 1.29 is 18.3 Å². The third-order valence-electron chi connectivity index (χ3n) is 2.93. The molecule has 0 saturated carbocycles. The summed E-state index contributed by atoms with van der Waals surface area (Å²) in [6.07, 6.45) is 0. The zero-order chi connectivity index (χ0) is 14.6. The molecular weight excluding hydrogens is 266 g/mol. The van der Waals surface area contributed by atoms with Gasteiger partial charge in [0.25, 0.3) is 0 Å². The van der Waals surface area contributed by atoms with E-state index in [4.69, 9.17) is 5.11 Å². The van der Waals surface area contributed by atoms with E-state index in [9.17, 15) is 13.2 Å². The minimum absolute atomic E-state index is 0.408.